The lowest BCUT2D eigenvalue weighted by molar-refractivity contribution is -0.181. The SMILES string of the molecule is CN(C)[C@@H]1C(=O)C(C(N)=O)C(=O)[C@@]2(O)C(=O)C3C(=O)c4c(O)ccc(CN5CCN(c6ccc(F)cc6)CC5)c4C[C@H]3C[C@@H]12. The molecule has 2 unspecified atom stereocenters. The lowest BCUT2D eigenvalue weighted by Gasteiger charge is -2.52. The number of phenolic OH excluding ortho intramolecular Hbond substituents is 1. The number of ketones is 4. The maximum absolute atomic E-state index is 14.0. The highest BCUT2D eigenvalue weighted by molar-refractivity contribution is 6.32. The van der Waals surface area contributed by atoms with Crippen molar-refractivity contribution < 1.29 is 38.6 Å². The molecular formula is C32H35FN4O7. The van der Waals surface area contributed by atoms with Crippen LogP contribution in [-0.4, -0.2) is 101 Å². The Labute approximate surface area is 253 Å². The van der Waals surface area contributed by atoms with Crippen molar-refractivity contribution in [3.63, 3.8) is 0 Å². The molecule has 4 aliphatic rings. The Bertz CT molecular complexity index is 1570. The zero-order valence-electron chi connectivity index (χ0n) is 24.5. The zero-order chi connectivity index (χ0) is 31.7. The number of amides is 1. The maximum Gasteiger partial charge on any atom is 0.235 e. The van der Waals surface area contributed by atoms with Gasteiger partial charge >= 0.3 is 0 Å². The molecule has 0 spiro atoms. The van der Waals surface area contributed by atoms with Gasteiger partial charge in [-0.15, -0.1) is 0 Å². The van der Waals surface area contributed by atoms with E-state index in [0.717, 1.165) is 11.3 Å². The van der Waals surface area contributed by atoms with Crippen LogP contribution in [0.15, 0.2) is 36.4 Å². The summed E-state index contributed by atoms with van der Waals surface area (Å²) in [5, 5.41) is 22.5. The summed E-state index contributed by atoms with van der Waals surface area (Å²) in [6.07, 6.45) is 0.237. The summed E-state index contributed by atoms with van der Waals surface area (Å²) in [6, 6.07) is 8.40. The smallest absolute Gasteiger partial charge is 0.235 e. The number of aliphatic hydroxyl groups is 1. The van der Waals surface area contributed by atoms with Gasteiger partial charge in [0.25, 0.3) is 0 Å². The number of nitrogens with zero attached hydrogens (tertiary/aromatic N) is 3. The highest BCUT2D eigenvalue weighted by atomic mass is 19.1. The highest BCUT2D eigenvalue weighted by Gasteiger charge is 2.69. The van der Waals surface area contributed by atoms with Crippen LogP contribution in [0.5, 0.6) is 5.75 Å². The van der Waals surface area contributed by atoms with Crippen molar-refractivity contribution in [3.05, 3.63) is 58.9 Å². The first-order valence-electron chi connectivity index (χ1n) is 14.8. The van der Waals surface area contributed by atoms with E-state index in [1.165, 1.54) is 23.1 Å². The number of hydrogen-bond acceptors (Lipinski definition) is 10. The number of primary amides is 1. The normalized spacial score (nSPS) is 30.7. The number of likely N-dealkylation sites (N-methyl/N-ethyl adjacent to an activating group) is 1. The molecule has 1 saturated heterocycles. The van der Waals surface area contributed by atoms with Crippen LogP contribution in [-0.2, 0) is 32.1 Å². The molecule has 2 aromatic carbocycles. The first-order valence-corrected chi connectivity index (χ1v) is 14.8. The lowest BCUT2D eigenvalue weighted by atomic mass is 9.52. The van der Waals surface area contributed by atoms with Gasteiger partial charge in [0.15, 0.2) is 34.7 Å². The van der Waals surface area contributed by atoms with Gasteiger partial charge in [-0.25, -0.2) is 4.39 Å². The van der Waals surface area contributed by atoms with E-state index < -0.39 is 64.4 Å². The predicted molar refractivity (Wildman–Crippen MR) is 155 cm³/mol. The zero-order valence-corrected chi connectivity index (χ0v) is 24.5. The summed E-state index contributed by atoms with van der Waals surface area (Å²) in [7, 11) is 3.11. The quantitative estimate of drug-likeness (QED) is 0.405. The number of fused-ring (bicyclic) bond motifs is 3. The van der Waals surface area contributed by atoms with Gasteiger partial charge in [-0.1, -0.05) is 6.07 Å². The fraction of sp³-hybridized carbons (Fsp3) is 0.469. The van der Waals surface area contributed by atoms with Gasteiger partial charge < -0.3 is 20.8 Å². The average molecular weight is 607 g/mol. The number of halogens is 1. The molecule has 2 aromatic rings. The average Bonchev–Trinajstić information content (AvgIpc) is 2.97. The van der Waals surface area contributed by atoms with Crippen molar-refractivity contribution in [2.45, 2.75) is 31.0 Å². The third kappa shape index (κ3) is 4.54. The van der Waals surface area contributed by atoms with E-state index in [0.29, 0.717) is 38.3 Å². The van der Waals surface area contributed by atoms with Gasteiger partial charge in [-0.3, -0.25) is 33.8 Å². The Morgan fingerprint density at radius 3 is 2.30 bits per heavy atom. The van der Waals surface area contributed by atoms with E-state index >= 15 is 0 Å². The summed E-state index contributed by atoms with van der Waals surface area (Å²) in [4.78, 5) is 72.6. The van der Waals surface area contributed by atoms with Crippen molar-refractivity contribution in [1.29, 1.82) is 0 Å². The number of Topliss-reactive ketones (excluding diaryl/α,β-unsaturated/α-hetero) is 4. The second-order valence-electron chi connectivity index (χ2n) is 12.6. The van der Waals surface area contributed by atoms with Crippen LogP contribution in [0.25, 0.3) is 0 Å². The molecule has 3 aliphatic carbocycles. The minimum atomic E-state index is -2.74. The van der Waals surface area contributed by atoms with Crippen molar-refractivity contribution in [2.24, 2.45) is 29.4 Å². The highest BCUT2D eigenvalue weighted by Crippen LogP contribution is 2.51. The molecule has 1 amide bonds. The standard InChI is InChI=1S/C32H35FN4O7/c1-35(2)26-21-14-17-13-20-16(15-36-9-11-37(12-10-36)19-6-4-18(33)5-7-19)3-8-22(38)24(20)27(39)23(17)29(41)32(21,44)30(42)25(28(26)40)31(34)43/h3-8,17,21,23,25-26,38,44H,9-15H2,1-2H3,(H2,34,43)/t17-,21-,23?,25?,26-,32-/m0/s1. The second kappa shape index (κ2) is 10.9. The molecule has 0 radical (unpaired) electrons. The van der Waals surface area contributed by atoms with Crippen LogP contribution in [0.3, 0.4) is 0 Å². The van der Waals surface area contributed by atoms with E-state index in [2.05, 4.69) is 9.80 Å². The predicted octanol–water partition coefficient (Wildman–Crippen LogP) is 0.328. The molecule has 2 saturated carbocycles. The Morgan fingerprint density at radius 1 is 1.02 bits per heavy atom. The number of carbonyl (C=O) groups excluding carboxylic acids is 5. The van der Waals surface area contributed by atoms with Crippen molar-refractivity contribution in [1.82, 2.24) is 9.80 Å². The summed E-state index contributed by atoms with van der Waals surface area (Å²) < 4.78 is 13.4. The van der Waals surface area contributed by atoms with Crippen molar-refractivity contribution >= 4 is 34.7 Å². The molecule has 0 aromatic heterocycles. The topological polar surface area (TPSA) is 162 Å². The molecule has 3 fully saturated rings. The molecule has 4 N–H and O–H groups in total. The molecule has 6 atom stereocenters. The van der Waals surface area contributed by atoms with E-state index in [-0.39, 0.29) is 30.0 Å². The molecule has 11 nitrogen and oxygen atoms in total. The lowest BCUT2D eigenvalue weighted by Crippen LogP contribution is -2.74. The maximum atomic E-state index is 14.0. The number of aromatic hydroxyl groups is 1. The van der Waals surface area contributed by atoms with Crippen LogP contribution in [0.4, 0.5) is 10.1 Å². The molecule has 6 rings (SSSR count). The molecule has 232 valence electrons. The largest absolute Gasteiger partial charge is 0.507 e. The van der Waals surface area contributed by atoms with Crippen LogP contribution < -0.4 is 10.6 Å². The van der Waals surface area contributed by atoms with Crippen molar-refractivity contribution in [3.8, 4) is 5.75 Å². The molecule has 12 heteroatoms. The second-order valence-corrected chi connectivity index (χ2v) is 12.6. The first kappa shape index (κ1) is 30.0. The first-order chi connectivity index (χ1) is 20.8. The third-order valence-electron chi connectivity index (χ3n) is 10.00. The van der Waals surface area contributed by atoms with Crippen molar-refractivity contribution in [2.75, 3.05) is 45.2 Å². The Morgan fingerprint density at radius 2 is 1.68 bits per heavy atom. The van der Waals surface area contributed by atoms with Gasteiger partial charge in [0, 0.05) is 44.3 Å². The Kier molecular flexibility index (Phi) is 7.42. The van der Waals surface area contributed by atoms with Crippen LogP contribution in [0, 0.1) is 29.5 Å². The van der Waals surface area contributed by atoms with Gasteiger partial charge in [0.1, 0.15) is 11.6 Å². The Balaban J connectivity index is 1.29. The number of anilines is 1. The number of nitrogens with two attached hydrogens (primary N) is 1. The number of rotatable bonds is 5. The Hall–Kier alpha value is -4.00. The number of hydrogen-bond donors (Lipinski definition) is 3. The van der Waals surface area contributed by atoms with E-state index in [9.17, 15) is 38.6 Å². The summed E-state index contributed by atoms with van der Waals surface area (Å²) in [6.45, 7) is 3.32. The van der Waals surface area contributed by atoms with Gasteiger partial charge in [0.2, 0.25) is 5.91 Å². The molecule has 1 aliphatic heterocycles. The van der Waals surface area contributed by atoms with Gasteiger partial charge in [0.05, 0.1) is 17.5 Å². The summed E-state index contributed by atoms with van der Waals surface area (Å²) in [5.74, 6) is -10.8. The summed E-state index contributed by atoms with van der Waals surface area (Å²) >= 11 is 0. The molecular weight excluding hydrogens is 571 g/mol. The van der Waals surface area contributed by atoms with Gasteiger partial charge in [-0.2, -0.15) is 0 Å². The number of phenols is 1. The van der Waals surface area contributed by atoms with E-state index in [4.69, 9.17) is 5.73 Å². The van der Waals surface area contributed by atoms with Crippen LogP contribution in [0.1, 0.15) is 27.9 Å². The number of benzene rings is 2. The van der Waals surface area contributed by atoms with Crippen LogP contribution >= 0.6 is 0 Å². The van der Waals surface area contributed by atoms with Gasteiger partial charge in [-0.05, 0) is 74.3 Å². The molecule has 1 heterocycles. The monoisotopic (exact) mass is 606 g/mol. The third-order valence-corrected chi connectivity index (χ3v) is 10.00. The number of carbonyl (C=O) groups is 5. The minimum Gasteiger partial charge on any atom is -0.507 e. The van der Waals surface area contributed by atoms with E-state index in [1.54, 1.807) is 32.3 Å². The number of piperazine rings is 1. The molecule has 44 heavy (non-hydrogen) atoms. The summed E-state index contributed by atoms with van der Waals surface area (Å²) in [5.41, 5.74) is 5.00. The van der Waals surface area contributed by atoms with Crippen LogP contribution in [0.2, 0.25) is 0 Å². The fourth-order valence-electron chi connectivity index (χ4n) is 7.87. The fourth-order valence-corrected chi connectivity index (χ4v) is 7.87. The van der Waals surface area contributed by atoms with E-state index in [1.807, 2.05) is 0 Å². The molecule has 0 bridgehead atoms. The minimum absolute atomic E-state index is 0.000885.